The molecular formula is C26H18ClFN2O4. The summed E-state index contributed by atoms with van der Waals surface area (Å²) in [5, 5.41) is 21.9. The van der Waals surface area contributed by atoms with E-state index in [1.165, 1.54) is 47.4 Å². The van der Waals surface area contributed by atoms with Crippen LogP contribution in [0.15, 0.2) is 78.5 Å². The SMILES string of the molecule is O=C1C(=O)N(Cc2ccc(F)cc2)C(c2ccc(O)c(Cl)c2)/C1=C(/O)c1c[nH]c2ccccc12. The summed E-state index contributed by atoms with van der Waals surface area (Å²) in [6.45, 7) is -0.00131. The largest absolute Gasteiger partial charge is 0.507 e. The van der Waals surface area contributed by atoms with Gasteiger partial charge in [-0.05, 0) is 41.5 Å². The average molecular weight is 477 g/mol. The lowest BCUT2D eigenvalue weighted by atomic mass is 9.95. The second kappa shape index (κ2) is 8.35. The summed E-state index contributed by atoms with van der Waals surface area (Å²) >= 11 is 6.13. The van der Waals surface area contributed by atoms with Crippen molar-refractivity contribution in [3.05, 3.63) is 106 Å². The van der Waals surface area contributed by atoms with Crippen molar-refractivity contribution >= 4 is 40.0 Å². The number of benzene rings is 3. The third-order valence-corrected chi connectivity index (χ3v) is 6.24. The van der Waals surface area contributed by atoms with Gasteiger partial charge < -0.3 is 20.1 Å². The summed E-state index contributed by atoms with van der Waals surface area (Å²) in [7, 11) is 0. The molecule has 0 radical (unpaired) electrons. The molecule has 1 fully saturated rings. The number of ketones is 1. The molecule has 3 N–H and O–H groups in total. The molecule has 5 rings (SSSR count). The number of para-hydroxylation sites is 1. The van der Waals surface area contributed by atoms with Gasteiger partial charge in [0.1, 0.15) is 17.3 Å². The number of fused-ring (bicyclic) bond motifs is 1. The first-order chi connectivity index (χ1) is 16.3. The fraction of sp³-hybridized carbons (Fsp3) is 0.0769. The number of amides is 1. The molecule has 1 aliphatic rings. The molecule has 0 bridgehead atoms. The van der Waals surface area contributed by atoms with Crippen LogP contribution in [0.4, 0.5) is 4.39 Å². The van der Waals surface area contributed by atoms with E-state index in [9.17, 15) is 24.2 Å². The number of likely N-dealkylation sites (tertiary alicyclic amines) is 1. The highest BCUT2D eigenvalue weighted by Crippen LogP contribution is 2.42. The minimum absolute atomic E-state index is 0.00131. The number of aliphatic hydroxyl groups excluding tert-OH is 1. The van der Waals surface area contributed by atoms with Crippen LogP contribution < -0.4 is 0 Å². The van der Waals surface area contributed by atoms with Gasteiger partial charge in [0.25, 0.3) is 11.7 Å². The fourth-order valence-electron chi connectivity index (χ4n) is 4.28. The Hall–Kier alpha value is -4.10. The van der Waals surface area contributed by atoms with Crippen molar-refractivity contribution in [3.63, 3.8) is 0 Å². The Kier molecular flexibility index (Phi) is 5.34. The number of hydrogen-bond donors (Lipinski definition) is 3. The summed E-state index contributed by atoms with van der Waals surface area (Å²) in [4.78, 5) is 30.7. The lowest BCUT2D eigenvalue weighted by molar-refractivity contribution is -0.140. The van der Waals surface area contributed by atoms with Gasteiger partial charge in [-0.1, -0.05) is 48.0 Å². The van der Waals surface area contributed by atoms with E-state index in [4.69, 9.17) is 11.6 Å². The lowest BCUT2D eigenvalue weighted by Crippen LogP contribution is -2.29. The molecule has 4 aromatic rings. The highest BCUT2D eigenvalue weighted by Gasteiger charge is 2.46. The van der Waals surface area contributed by atoms with E-state index < -0.39 is 23.5 Å². The Morgan fingerprint density at radius 1 is 1.06 bits per heavy atom. The molecule has 1 unspecified atom stereocenters. The molecule has 1 aromatic heterocycles. The van der Waals surface area contributed by atoms with Crippen LogP contribution in [0.3, 0.4) is 0 Å². The number of Topliss-reactive ketones (excluding diaryl/α,β-unsaturated/α-hetero) is 1. The van der Waals surface area contributed by atoms with Crippen molar-refractivity contribution in [1.29, 1.82) is 0 Å². The van der Waals surface area contributed by atoms with E-state index >= 15 is 0 Å². The monoisotopic (exact) mass is 476 g/mol. The Balaban J connectivity index is 1.69. The van der Waals surface area contributed by atoms with Crippen LogP contribution in [0.1, 0.15) is 22.7 Å². The molecule has 0 spiro atoms. The van der Waals surface area contributed by atoms with Gasteiger partial charge in [0, 0.05) is 29.2 Å². The number of halogens is 2. The van der Waals surface area contributed by atoms with Crippen LogP contribution in [-0.2, 0) is 16.1 Å². The van der Waals surface area contributed by atoms with Crippen LogP contribution >= 0.6 is 11.6 Å². The molecule has 34 heavy (non-hydrogen) atoms. The van der Waals surface area contributed by atoms with Crippen molar-refractivity contribution in [2.75, 3.05) is 0 Å². The quantitative estimate of drug-likeness (QED) is 0.212. The molecule has 1 saturated heterocycles. The highest BCUT2D eigenvalue weighted by molar-refractivity contribution is 6.46. The number of rotatable bonds is 4. The predicted octanol–water partition coefficient (Wildman–Crippen LogP) is 5.29. The molecule has 6 nitrogen and oxygen atoms in total. The smallest absolute Gasteiger partial charge is 0.295 e. The highest BCUT2D eigenvalue weighted by atomic mass is 35.5. The van der Waals surface area contributed by atoms with Gasteiger partial charge >= 0.3 is 0 Å². The molecule has 1 amide bonds. The number of nitrogens with zero attached hydrogens (tertiary/aromatic N) is 1. The zero-order valence-corrected chi connectivity index (χ0v) is 18.4. The van der Waals surface area contributed by atoms with E-state index in [2.05, 4.69) is 4.98 Å². The van der Waals surface area contributed by atoms with Crippen molar-refractivity contribution in [2.24, 2.45) is 0 Å². The third-order valence-electron chi connectivity index (χ3n) is 5.94. The van der Waals surface area contributed by atoms with E-state index in [1.807, 2.05) is 12.1 Å². The van der Waals surface area contributed by atoms with Crippen molar-refractivity contribution in [2.45, 2.75) is 12.6 Å². The molecule has 1 atom stereocenters. The van der Waals surface area contributed by atoms with E-state index in [-0.39, 0.29) is 28.6 Å². The number of aromatic hydroxyl groups is 1. The van der Waals surface area contributed by atoms with Gasteiger partial charge in [0.2, 0.25) is 0 Å². The summed E-state index contributed by atoms with van der Waals surface area (Å²) in [5.74, 6) is -2.56. The van der Waals surface area contributed by atoms with Gasteiger partial charge in [-0.15, -0.1) is 0 Å². The number of aromatic amines is 1. The van der Waals surface area contributed by atoms with Gasteiger partial charge in [0.05, 0.1) is 16.6 Å². The number of phenolic OH excluding ortho intramolecular Hbond substituents is 1. The Morgan fingerprint density at radius 2 is 1.79 bits per heavy atom. The van der Waals surface area contributed by atoms with E-state index in [0.717, 1.165) is 5.52 Å². The van der Waals surface area contributed by atoms with Crippen LogP contribution in [0.2, 0.25) is 5.02 Å². The second-order valence-corrected chi connectivity index (χ2v) is 8.42. The number of nitrogens with one attached hydrogen (secondary N) is 1. The number of carbonyl (C=O) groups excluding carboxylic acids is 2. The standard InChI is InChI=1S/C26H18ClFN2O4/c27-19-11-15(7-10-21(19)31)23-22(24(32)18-12-29-20-4-2-1-3-17(18)20)25(33)26(34)30(23)13-14-5-8-16(28)9-6-14/h1-12,23,29,31-32H,13H2/b24-22-. The summed E-state index contributed by atoms with van der Waals surface area (Å²) in [6, 6.07) is 16.2. The van der Waals surface area contributed by atoms with Crippen LogP contribution in [-0.4, -0.2) is 31.8 Å². The Bertz CT molecular complexity index is 1480. The third kappa shape index (κ3) is 3.60. The lowest BCUT2D eigenvalue weighted by Gasteiger charge is -2.25. The predicted molar refractivity (Wildman–Crippen MR) is 126 cm³/mol. The van der Waals surface area contributed by atoms with Gasteiger partial charge in [-0.3, -0.25) is 9.59 Å². The van der Waals surface area contributed by atoms with Crippen molar-refractivity contribution in [1.82, 2.24) is 9.88 Å². The molecule has 0 saturated carbocycles. The maximum Gasteiger partial charge on any atom is 0.295 e. The number of carbonyl (C=O) groups is 2. The first-order valence-electron chi connectivity index (χ1n) is 10.4. The maximum absolute atomic E-state index is 13.4. The molecule has 170 valence electrons. The minimum Gasteiger partial charge on any atom is -0.507 e. The topological polar surface area (TPSA) is 93.6 Å². The van der Waals surface area contributed by atoms with Crippen LogP contribution in [0.5, 0.6) is 5.75 Å². The van der Waals surface area contributed by atoms with Crippen LogP contribution in [0.25, 0.3) is 16.7 Å². The van der Waals surface area contributed by atoms with Gasteiger partial charge in [-0.25, -0.2) is 4.39 Å². The number of aliphatic hydroxyl groups is 1. The van der Waals surface area contributed by atoms with Crippen LogP contribution in [0, 0.1) is 5.82 Å². The normalized spacial score (nSPS) is 17.6. The molecule has 8 heteroatoms. The average Bonchev–Trinajstić information content (AvgIpc) is 3.37. The summed E-state index contributed by atoms with van der Waals surface area (Å²) in [6.07, 6.45) is 1.58. The van der Waals surface area contributed by atoms with Gasteiger partial charge in [0.15, 0.2) is 0 Å². The van der Waals surface area contributed by atoms with E-state index in [1.54, 1.807) is 18.3 Å². The Morgan fingerprint density at radius 3 is 2.53 bits per heavy atom. The molecule has 0 aliphatic carbocycles. The number of aromatic nitrogens is 1. The Labute approximate surface area is 198 Å². The zero-order chi connectivity index (χ0) is 24.0. The minimum atomic E-state index is -0.975. The maximum atomic E-state index is 13.4. The number of hydrogen-bond acceptors (Lipinski definition) is 4. The molecule has 3 aromatic carbocycles. The number of H-pyrrole nitrogens is 1. The number of phenols is 1. The summed E-state index contributed by atoms with van der Waals surface area (Å²) < 4.78 is 13.4. The second-order valence-electron chi connectivity index (χ2n) is 8.01. The summed E-state index contributed by atoms with van der Waals surface area (Å²) in [5.41, 5.74) is 2.08. The van der Waals surface area contributed by atoms with Gasteiger partial charge in [-0.2, -0.15) is 0 Å². The first kappa shape index (κ1) is 21.7. The van der Waals surface area contributed by atoms with E-state index in [0.29, 0.717) is 22.1 Å². The molecule has 1 aliphatic heterocycles. The molecule has 2 heterocycles. The van der Waals surface area contributed by atoms with Crippen molar-refractivity contribution in [3.8, 4) is 5.75 Å². The molecular weight excluding hydrogens is 459 g/mol. The first-order valence-corrected chi connectivity index (χ1v) is 10.8. The fourth-order valence-corrected chi connectivity index (χ4v) is 4.47. The van der Waals surface area contributed by atoms with Crippen molar-refractivity contribution < 1.29 is 24.2 Å². The zero-order valence-electron chi connectivity index (χ0n) is 17.6.